The standard InChI is InChI=1S/C17H21N5O.C2HF3O2/c1-2-7-18-15(4-1)21-10-5-17(6-11-21)14-22(12-13-23-17)16-19-8-3-9-20-16;3-2(4,5)1(6)7/h1-4,7-9H,5-6,10-14H2;(H,6,7). The Morgan fingerprint density at radius 3 is 2.20 bits per heavy atom. The molecule has 30 heavy (non-hydrogen) atoms. The highest BCUT2D eigenvalue weighted by Gasteiger charge is 2.40. The van der Waals surface area contributed by atoms with E-state index in [0.717, 1.165) is 57.4 Å². The number of piperidine rings is 1. The molecular formula is C19H22F3N5O3. The minimum Gasteiger partial charge on any atom is -0.475 e. The second kappa shape index (κ2) is 9.24. The number of aliphatic carboxylic acids is 1. The van der Waals surface area contributed by atoms with Gasteiger partial charge in [-0.1, -0.05) is 6.07 Å². The second-order valence-electron chi connectivity index (χ2n) is 6.98. The molecule has 2 aromatic rings. The van der Waals surface area contributed by atoms with Gasteiger partial charge in [0.05, 0.1) is 18.8 Å². The molecule has 0 amide bonds. The third-order valence-corrected chi connectivity index (χ3v) is 4.97. The van der Waals surface area contributed by atoms with Gasteiger partial charge in [-0.05, 0) is 31.0 Å². The number of nitrogens with zero attached hydrogens (tertiary/aromatic N) is 5. The Balaban J connectivity index is 0.000000318. The van der Waals surface area contributed by atoms with Crippen molar-refractivity contribution in [1.82, 2.24) is 15.0 Å². The summed E-state index contributed by atoms with van der Waals surface area (Å²) >= 11 is 0. The lowest BCUT2D eigenvalue weighted by Gasteiger charge is -2.47. The van der Waals surface area contributed by atoms with Crippen molar-refractivity contribution in [2.24, 2.45) is 0 Å². The molecule has 2 aliphatic heterocycles. The van der Waals surface area contributed by atoms with Crippen LogP contribution in [0.3, 0.4) is 0 Å². The summed E-state index contributed by atoms with van der Waals surface area (Å²) in [5, 5.41) is 7.12. The summed E-state index contributed by atoms with van der Waals surface area (Å²) in [6.07, 6.45) is 2.38. The maximum Gasteiger partial charge on any atom is 0.490 e. The lowest BCUT2D eigenvalue weighted by Crippen LogP contribution is -2.57. The van der Waals surface area contributed by atoms with E-state index < -0.39 is 12.1 Å². The molecule has 2 saturated heterocycles. The zero-order chi connectivity index (χ0) is 21.6. The first-order valence-electron chi connectivity index (χ1n) is 9.41. The molecule has 1 N–H and O–H groups in total. The number of carboxylic acid groups (broad SMARTS) is 1. The van der Waals surface area contributed by atoms with Crippen molar-refractivity contribution in [3.8, 4) is 0 Å². The lowest BCUT2D eigenvalue weighted by atomic mass is 9.89. The van der Waals surface area contributed by atoms with E-state index in [0.29, 0.717) is 0 Å². The molecule has 8 nitrogen and oxygen atoms in total. The molecule has 2 fully saturated rings. The molecule has 2 aliphatic rings. The lowest BCUT2D eigenvalue weighted by molar-refractivity contribution is -0.192. The van der Waals surface area contributed by atoms with E-state index in [9.17, 15) is 13.2 Å². The van der Waals surface area contributed by atoms with Gasteiger partial charge in [0.2, 0.25) is 5.95 Å². The first-order chi connectivity index (χ1) is 14.3. The Hall–Kier alpha value is -2.95. The number of ether oxygens (including phenoxy) is 1. The van der Waals surface area contributed by atoms with Crippen LogP contribution in [0.5, 0.6) is 0 Å². The van der Waals surface area contributed by atoms with Crippen LogP contribution in [0.2, 0.25) is 0 Å². The highest BCUT2D eigenvalue weighted by molar-refractivity contribution is 5.73. The van der Waals surface area contributed by atoms with Crippen molar-refractivity contribution in [1.29, 1.82) is 0 Å². The number of alkyl halides is 3. The number of carbonyl (C=O) groups is 1. The van der Waals surface area contributed by atoms with E-state index in [1.54, 1.807) is 12.4 Å². The number of pyridine rings is 1. The third-order valence-electron chi connectivity index (χ3n) is 4.97. The average molecular weight is 425 g/mol. The molecule has 0 aliphatic carbocycles. The van der Waals surface area contributed by atoms with Gasteiger partial charge in [-0.25, -0.2) is 19.7 Å². The van der Waals surface area contributed by atoms with Gasteiger partial charge in [0.25, 0.3) is 0 Å². The number of aromatic nitrogens is 3. The van der Waals surface area contributed by atoms with Crippen LogP contribution in [0.25, 0.3) is 0 Å². The molecule has 11 heteroatoms. The van der Waals surface area contributed by atoms with Crippen molar-refractivity contribution in [2.45, 2.75) is 24.6 Å². The van der Waals surface area contributed by atoms with E-state index in [2.05, 4.69) is 30.8 Å². The Labute approximate surface area is 171 Å². The number of hydrogen-bond donors (Lipinski definition) is 1. The predicted octanol–water partition coefficient (Wildman–Crippen LogP) is 2.38. The first-order valence-corrected chi connectivity index (χ1v) is 9.41. The summed E-state index contributed by atoms with van der Waals surface area (Å²) in [5.41, 5.74) is -0.0806. The molecule has 4 heterocycles. The van der Waals surface area contributed by atoms with E-state index >= 15 is 0 Å². The van der Waals surface area contributed by atoms with Crippen LogP contribution in [0.15, 0.2) is 42.9 Å². The molecule has 2 aromatic heterocycles. The number of hydrogen-bond acceptors (Lipinski definition) is 7. The van der Waals surface area contributed by atoms with Gasteiger partial charge in [0.15, 0.2) is 0 Å². The number of anilines is 2. The van der Waals surface area contributed by atoms with Gasteiger partial charge in [-0.15, -0.1) is 0 Å². The maximum atomic E-state index is 10.6. The van der Waals surface area contributed by atoms with Gasteiger partial charge < -0.3 is 19.6 Å². The van der Waals surface area contributed by atoms with E-state index in [-0.39, 0.29) is 5.60 Å². The van der Waals surface area contributed by atoms with E-state index in [4.69, 9.17) is 14.6 Å². The smallest absolute Gasteiger partial charge is 0.475 e. The van der Waals surface area contributed by atoms with E-state index in [1.807, 2.05) is 24.4 Å². The highest BCUT2D eigenvalue weighted by atomic mass is 19.4. The molecule has 0 radical (unpaired) electrons. The molecule has 162 valence electrons. The average Bonchev–Trinajstić information content (AvgIpc) is 2.75. The molecule has 0 unspecified atom stereocenters. The fourth-order valence-corrected chi connectivity index (χ4v) is 3.46. The van der Waals surface area contributed by atoms with Crippen LogP contribution in [0.4, 0.5) is 24.9 Å². The largest absolute Gasteiger partial charge is 0.490 e. The Morgan fingerprint density at radius 1 is 1.00 bits per heavy atom. The molecular weight excluding hydrogens is 403 g/mol. The summed E-state index contributed by atoms with van der Waals surface area (Å²) in [4.78, 5) is 26.7. The number of halogens is 3. The van der Waals surface area contributed by atoms with Crippen molar-refractivity contribution < 1.29 is 27.8 Å². The zero-order valence-electron chi connectivity index (χ0n) is 16.1. The van der Waals surface area contributed by atoms with E-state index in [1.165, 1.54) is 0 Å². The quantitative estimate of drug-likeness (QED) is 0.784. The van der Waals surface area contributed by atoms with Crippen molar-refractivity contribution >= 4 is 17.7 Å². The molecule has 0 atom stereocenters. The summed E-state index contributed by atoms with van der Waals surface area (Å²) in [7, 11) is 0. The summed E-state index contributed by atoms with van der Waals surface area (Å²) in [5.74, 6) is -0.892. The summed E-state index contributed by atoms with van der Waals surface area (Å²) < 4.78 is 37.9. The van der Waals surface area contributed by atoms with Crippen LogP contribution in [0.1, 0.15) is 12.8 Å². The number of rotatable bonds is 2. The zero-order valence-corrected chi connectivity index (χ0v) is 16.1. The summed E-state index contributed by atoms with van der Waals surface area (Å²) in [6.45, 7) is 4.41. The minimum absolute atomic E-state index is 0.0806. The second-order valence-corrected chi connectivity index (χ2v) is 6.98. The maximum absolute atomic E-state index is 10.6. The Morgan fingerprint density at radius 2 is 1.63 bits per heavy atom. The van der Waals surface area contributed by atoms with Gasteiger partial charge >= 0.3 is 12.1 Å². The predicted molar refractivity (Wildman–Crippen MR) is 102 cm³/mol. The summed E-state index contributed by atoms with van der Waals surface area (Å²) in [6, 6.07) is 7.92. The van der Waals surface area contributed by atoms with Gasteiger partial charge in [-0.3, -0.25) is 0 Å². The SMILES string of the molecule is O=C(O)C(F)(F)F.c1ccc(N2CCC3(CC2)CN(c2ncccn2)CCO3)nc1. The van der Waals surface area contributed by atoms with Gasteiger partial charge in [0.1, 0.15) is 5.82 Å². The topological polar surface area (TPSA) is 91.7 Å². The number of carboxylic acids is 1. The van der Waals surface area contributed by atoms with Gasteiger partial charge in [-0.2, -0.15) is 13.2 Å². The van der Waals surface area contributed by atoms with Crippen molar-refractivity contribution in [2.75, 3.05) is 42.6 Å². The molecule has 4 rings (SSSR count). The van der Waals surface area contributed by atoms with Crippen molar-refractivity contribution in [3.63, 3.8) is 0 Å². The van der Waals surface area contributed by atoms with Crippen LogP contribution in [0, 0.1) is 0 Å². The van der Waals surface area contributed by atoms with Gasteiger partial charge in [0, 0.05) is 38.2 Å². The van der Waals surface area contributed by atoms with Crippen molar-refractivity contribution in [3.05, 3.63) is 42.9 Å². The molecule has 0 aromatic carbocycles. The highest BCUT2D eigenvalue weighted by Crippen LogP contribution is 2.32. The fourth-order valence-electron chi connectivity index (χ4n) is 3.46. The Kier molecular flexibility index (Phi) is 6.70. The molecule has 0 saturated carbocycles. The number of morpholine rings is 1. The molecule has 1 spiro atoms. The monoisotopic (exact) mass is 425 g/mol. The first kappa shape index (κ1) is 21.8. The fraction of sp³-hybridized carbons (Fsp3) is 0.474. The normalized spacial score (nSPS) is 18.5. The van der Waals surface area contributed by atoms with Crippen LogP contribution < -0.4 is 9.80 Å². The third kappa shape index (κ3) is 5.56. The van der Waals surface area contributed by atoms with Crippen LogP contribution in [-0.4, -0.2) is 70.6 Å². The van der Waals surface area contributed by atoms with Crippen LogP contribution in [-0.2, 0) is 9.53 Å². The minimum atomic E-state index is -5.08. The molecule has 0 bridgehead atoms. The van der Waals surface area contributed by atoms with Crippen LogP contribution >= 0.6 is 0 Å². The Bertz CT molecular complexity index is 815.